The molecule has 154 valence electrons. The van der Waals surface area contributed by atoms with Crippen LogP contribution < -0.4 is 5.32 Å². The number of anilines is 2. The van der Waals surface area contributed by atoms with E-state index in [4.69, 9.17) is 4.74 Å². The number of amides is 1. The van der Waals surface area contributed by atoms with Crippen LogP contribution in [0.25, 0.3) is 10.9 Å². The minimum atomic E-state index is -0.374. The maximum atomic E-state index is 13.1. The monoisotopic (exact) mass is 403 g/mol. The topological polar surface area (TPSA) is 71.5 Å². The molecule has 1 N–H and O–H groups in total. The first-order valence-electron chi connectivity index (χ1n) is 10.2. The molecular formula is C24H25N3O3. The number of pyridine rings is 1. The SMILES string of the molecule is COC(=O)c1ccc(Nc2cc(C(=O)N3CCCCC3)nc3ccc(C)cc23)cc1. The number of nitrogens with zero attached hydrogens (tertiary/aromatic N) is 2. The summed E-state index contributed by atoms with van der Waals surface area (Å²) in [4.78, 5) is 31.3. The van der Waals surface area contributed by atoms with Gasteiger partial charge in [0.15, 0.2) is 0 Å². The van der Waals surface area contributed by atoms with E-state index in [1.54, 1.807) is 12.1 Å². The van der Waals surface area contributed by atoms with Gasteiger partial charge in [-0.15, -0.1) is 0 Å². The number of piperidine rings is 1. The number of aromatic nitrogens is 1. The fourth-order valence-corrected chi connectivity index (χ4v) is 3.77. The van der Waals surface area contributed by atoms with Gasteiger partial charge in [0, 0.05) is 24.2 Å². The van der Waals surface area contributed by atoms with E-state index >= 15 is 0 Å². The highest BCUT2D eigenvalue weighted by Gasteiger charge is 2.21. The predicted octanol–water partition coefficient (Wildman–Crippen LogP) is 4.70. The third kappa shape index (κ3) is 4.13. The van der Waals surface area contributed by atoms with E-state index in [1.807, 2.05) is 42.2 Å². The summed E-state index contributed by atoms with van der Waals surface area (Å²) in [6, 6.07) is 14.9. The number of hydrogen-bond donors (Lipinski definition) is 1. The van der Waals surface area contributed by atoms with Gasteiger partial charge in [-0.2, -0.15) is 0 Å². The van der Waals surface area contributed by atoms with Gasteiger partial charge >= 0.3 is 5.97 Å². The number of carbonyl (C=O) groups is 2. The Morgan fingerprint density at radius 3 is 2.43 bits per heavy atom. The van der Waals surface area contributed by atoms with Crippen LogP contribution in [0.3, 0.4) is 0 Å². The van der Waals surface area contributed by atoms with Crippen LogP contribution >= 0.6 is 0 Å². The summed E-state index contributed by atoms with van der Waals surface area (Å²) < 4.78 is 4.76. The second-order valence-electron chi connectivity index (χ2n) is 7.62. The molecule has 0 saturated carbocycles. The first-order valence-corrected chi connectivity index (χ1v) is 10.2. The number of likely N-dealkylation sites (tertiary alicyclic amines) is 1. The lowest BCUT2D eigenvalue weighted by atomic mass is 10.1. The number of hydrogen-bond acceptors (Lipinski definition) is 5. The molecule has 3 aromatic rings. The zero-order valence-corrected chi connectivity index (χ0v) is 17.3. The van der Waals surface area contributed by atoms with Gasteiger partial charge in [0.2, 0.25) is 0 Å². The van der Waals surface area contributed by atoms with Crippen LogP contribution in [-0.4, -0.2) is 42.0 Å². The molecule has 4 rings (SSSR count). The van der Waals surface area contributed by atoms with Crippen LogP contribution in [0.15, 0.2) is 48.5 Å². The van der Waals surface area contributed by atoms with Crippen LogP contribution in [0.4, 0.5) is 11.4 Å². The second kappa shape index (κ2) is 8.53. The van der Waals surface area contributed by atoms with Gasteiger partial charge in [0.25, 0.3) is 5.91 Å². The van der Waals surface area contributed by atoms with Gasteiger partial charge in [-0.3, -0.25) is 4.79 Å². The van der Waals surface area contributed by atoms with E-state index in [9.17, 15) is 9.59 Å². The fraction of sp³-hybridized carbons (Fsp3) is 0.292. The molecule has 30 heavy (non-hydrogen) atoms. The number of esters is 1. The molecule has 0 spiro atoms. The van der Waals surface area contributed by atoms with Gasteiger partial charge in [0.05, 0.1) is 23.9 Å². The lowest BCUT2D eigenvalue weighted by molar-refractivity contribution is 0.0600. The van der Waals surface area contributed by atoms with Crippen LogP contribution in [0.2, 0.25) is 0 Å². The van der Waals surface area contributed by atoms with E-state index in [2.05, 4.69) is 16.4 Å². The molecule has 1 amide bonds. The van der Waals surface area contributed by atoms with Crippen molar-refractivity contribution in [3.05, 3.63) is 65.4 Å². The first kappa shape index (κ1) is 19.9. The Hall–Kier alpha value is -3.41. The number of carbonyl (C=O) groups excluding carboxylic acids is 2. The van der Waals surface area contributed by atoms with E-state index in [-0.39, 0.29) is 11.9 Å². The van der Waals surface area contributed by atoms with Crippen molar-refractivity contribution < 1.29 is 14.3 Å². The lowest BCUT2D eigenvalue weighted by Gasteiger charge is -2.26. The molecule has 0 bridgehead atoms. The zero-order chi connectivity index (χ0) is 21.1. The molecular weight excluding hydrogens is 378 g/mol. The molecule has 1 aliphatic heterocycles. The van der Waals surface area contributed by atoms with Crippen LogP contribution in [0.5, 0.6) is 0 Å². The highest BCUT2D eigenvalue weighted by molar-refractivity contribution is 6.01. The second-order valence-corrected chi connectivity index (χ2v) is 7.62. The summed E-state index contributed by atoms with van der Waals surface area (Å²) in [5.41, 5.74) is 4.45. The van der Waals surface area contributed by atoms with Crippen molar-refractivity contribution in [3.8, 4) is 0 Å². The Labute approximate surface area is 175 Å². The highest BCUT2D eigenvalue weighted by atomic mass is 16.5. The maximum Gasteiger partial charge on any atom is 0.337 e. The molecule has 0 atom stereocenters. The van der Waals surface area contributed by atoms with Gasteiger partial charge in [-0.05, 0) is 68.7 Å². The van der Waals surface area contributed by atoms with Crippen LogP contribution in [-0.2, 0) is 4.74 Å². The van der Waals surface area contributed by atoms with Crippen molar-refractivity contribution >= 4 is 34.2 Å². The summed E-state index contributed by atoms with van der Waals surface area (Å²) >= 11 is 0. The molecule has 1 fully saturated rings. The van der Waals surface area contributed by atoms with Gasteiger partial charge < -0.3 is 15.0 Å². The number of nitrogens with one attached hydrogen (secondary N) is 1. The molecule has 0 radical (unpaired) electrons. The normalized spacial score (nSPS) is 13.9. The zero-order valence-electron chi connectivity index (χ0n) is 17.3. The van der Waals surface area contributed by atoms with Crippen LogP contribution in [0.1, 0.15) is 45.7 Å². The Morgan fingerprint density at radius 1 is 1.00 bits per heavy atom. The van der Waals surface area contributed by atoms with Gasteiger partial charge in [-0.1, -0.05) is 11.6 Å². The van der Waals surface area contributed by atoms with Crippen molar-refractivity contribution in [1.82, 2.24) is 9.88 Å². The third-order valence-electron chi connectivity index (χ3n) is 5.41. The lowest BCUT2D eigenvalue weighted by Crippen LogP contribution is -2.36. The number of benzene rings is 2. The number of rotatable bonds is 4. The van der Waals surface area contributed by atoms with E-state index in [0.29, 0.717) is 11.3 Å². The standard InChI is InChI=1S/C24H25N3O3/c1-16-6-11-20-19(14-16)21(25-18-9-7-17(8-10-18)24(29)30-2)15-22(26-20)23(28)27-12-4-3-5-13-27/h6-11,14-15H,3-5,12-13H2,1-2H3,(H,25,26). The van der Waals surface area contributed by atoms with E-state index in [0.717, 1.165) is 53.8 Å². The minimum absolute atomic E-state index is 0.0266. The Bertz CT molecular complexity index is 1090. The van der Waals surface area contributed by atoms with Crippen molar-refractivity contribution in [2.45, 2.75) is 26.2 Å². The fourth-order valence-electron chi connectivity index (χ4n) is 3.77. The summed E-state index contributed by atoms with van der Waals surface area (Å²) in [6.07, 6.45) is 3.24. The Kier molecular flexibility index (Phi) is 5.65. The first-order chi connectivity index (χ1) is 14.5. The molecule has 2 heterocycles. The van der Waals surface area contributed by atoms with Crippen LogP contribution in [0, 0.1) is 6.92 Å². The van der Waals surface area contributed by atoms with E-state index < -0.39 is 0 Å². The summed E-state index contributed by atoms with van der Waals surface area (Å²) in [5.74, 6) is -0.401. The van der Waals surface area contributed by atoms with Crippen molar-refractivity contribution in [2.75, 3.05) is 25.5 Å². The van der Waals surface area contributed by atoms with Gasteiger partial charge in [-0.25, -0.2) is 9.78 Å². The molecule has 1 aliphatic rings. The molecule has 6 heteroatoms. The molecule has 1 saturated heterocycles. The number of aryl methyl sites for hydroxylation is 1. The summed E-state index contributed by atoms with van der Waals surface area (Å²) in [5, 5.41) is 4.34. The minimum Gasteiger partial charge on any atom is -0.465 e. The maximum absolute atomic E-state index is 13.1. The van der Waals surface area contributed by atoms with Crippen molar-refractivity contribution in [2.24, 2.45) is 0 Å². The van der Waals surface area contributed by atoms with Crippen molar-refractivity contribution in [1.29, 1.82) is 0 Å². The average Bonchev–Trinajstić information content (AvgIpc) is 2.79. The Balaban J connectivity index is 1.70. The largest absolute Gasteiger partial charge is 0.465 e. The quantitative estimate of drug-likeness (QED) is 0.640. The molecule has 0 aliphatic carbocycles. The highest BCUT2D eigenvalue weighted by Crippen LogP contribution is 2.28. The summed E-state index contributed by atoms with van der Waals surface area (Å²) in [7, 11) is 1.36. The summed E-state index contributed by atoms with van der Waals surface area (Å²) in [6.45, 7) is 3.59. The molecule has 1 aromatic heterocycles. The smallest absolute Gasteiger partial charge is 0.337 e. The average molecular weight is 403 g/mol. The Morgan fingerprint density at radius 2 is 1.73 bits per heavy atom. The number of methoxy groups -OCH3 is 1. The number of ether oxygens (including phenoxy) is 1. The van der Waals surface area contributed by atoms with Gasteiger partial charge in [0.1, 0.15) is 5.69 Å². The molecule has 0 unspecified atom stereocenters. The van der Waals surface area contributed by atoms with Crippen molar-refractivity contribution in [3.63, 3.8) is 0 Å². The van der Waals surface area contributed by atoms with E-state index in [1.165, 1.54) is 13.5 Å². The molecule has 6 nitrogen and oxygen atoms in total. The molecule has 2 aromatic carbocycles. The third-order valence-corrected chi connectivity index (χ3v) is 5.41. The number of fused-ring (bicyclic) bond motifs is 1. The predicted molar refractivity (Wildman–Crippen MR) is 117 cm³/mol.